The van der Waals surface area contributed by atoms with Crippen LogP contribution in [0.1, 0.15) is 48.0 Å². The first-order valence-electron chi connectivity index (χ1n) is 7.65. The average Bonchev–Trinajstić information content (AvgIpc) is 2.83. The summed E-state index contributed by atoms with van der Waals surface area (Å²) in [5, 5.41) is 2.41. The first-order valence-corrected chi connectivity index (χ1v) is 7.65. The SMILES string of the molecule is O=C1c2cc3ccccc3cc2CN1C1CCCCC1. The molecule has 2 aromatic rings. The van der Waals surface area contributed by atoms with Crippen LogP contribution in [0, 0.1) is 0 Å². The van der Waals surface area contributed by atoms with Crippen LogP contribution in [-0.2, 0) is 6.54 Å². The van der Waals surface area contributed by atoms with Crippen molar-refractivity contribution < 1.29 is 4.79 Å². The fourth-order valence-electron chi connectivity index (χ4n) is 3.72. The van der Waals surface area contributed by atoms with Crippen molar-refractivity contribution in [1.29, 1.82) is 0 Å². The van der Waals surface area contributed by atoms with Crippen molar-refractivity contribution in [2.24, 2.45) is 0 Å². The van der Waals surface area contributed by atoms with E-state index >= 15 is 0 Å². The van der Waals surface area contributed by atoms with E-state index in [1.165, 1.54) is 48.4 Å². The molecule has 0 atom stereocenters. The van der Waals surface area contributed by atoms with Gasteiger partial charge in [0.25, 0.3) is 5.91 Å². The Morgan fingerprint density at radius 3 is 2.40 bits per heavy atom. The van der Waals surface area contributed by atoms with Gasteiger partial charge in [-0.2, -0.15) is 0 Å². The molecule has 1 fully saturated rings. The lowest BCUT2D eigenvalue weighted by Gasteiger charge is -2.30. The summed E-state index contributed by atoms with van der Waals surface area (Å²) in [4.78, 5) is 14.8. The molecule has 4 rings (SSSR count). The zero-order valence-electron chi connectivity index (χ0n) is 11.6. The molecular formula is C18H19NO. The number of nitrogens with zero attached hydrogens (tertiary/aromatic N) is 1. The maximum Gasteiger partial charge on any atom is 0.254 e. The molecular weight excluding hydrogens is 246 g/mol. The van der Waals surface area contributed by atoms with Crippen molar-refractivity contribution in [3.63, 3.8) is 0 Å². The number of hydrogen-bond acceptors (Lipinski definition) is 1. The van der Waals surface area contributed by atoms with E-state index in [1.54, 1.807) is 0 Å². The van der Waals surface area contributed by atoms with Crippen molar-refractivity contribution in [2.75, 3.05) is 0 Å². The Morgan fingerprint density at radius 2 is 1.65 bits per heavy atom. The number of hydrogen-bond donors (Lipinski definition) is 0. The van der Waals surface area contributed by atoms with Crippen LogP contribution in [0.5, 0.6) is 0 Å². The molecule has 0 N–H and O–H groups in total. The maximum atomic E-state index is 12.7. The molecule has 0 spiro atoms. The second kappa shape index (κ2) is 4.62. The third-order valence-corrected chi connectivity index (χ3v) is 4.82. The number of amides is 1. The van der Waals surface area contributed by atoms with Gasteiger partial charge in [-0.3, -0.25) is 4.79 Å². The van der Waals surface area contributed by atoms with Crippen molar-refractivity contribution in [2.45, 2.75) is 44.7 Å². The van der Waals surface area contributed by atoms with Crippen LogP contribution in [0.3, 0.4) is 0 Å². The Balaban J connectivity index is 1.72. The lowest BCUT2D eigenvalue weighted by molar-refractivity contribution is 0.0660. The fourth-order valence-corrected chi connectivity index (χ4v) is 3.72. The van der Waals surface area contributed by atoms with Gasteiger partial charge in [-0.15, -0.1) is 0 Å². The highest BCUT2D eigenvalue weighted by Gasteiger charge is 2.33. The lowest BCUT2D eigenvalue weighted by atomic mass is 9.94. The lowest BCUT2D eigenvalue weighted by Crippen LogP contribution is -2.36. The minimum atomic E-state index is 0.248. The molecule has 2 aliphatic rings. The van der Waals surface area contributed by atoms with Gasteiger partial charge >= 0.3 is 0 Å². The molecule has 20 heavy (non-hydrogen) atoms. The summed E-state index contributed by atoms with van der Waals surface area (Å²) in [7, 11) is 0. The molecule has 0 saturated heterocycles. The van der Waals surface area contributed by atoms with Crippen LogP contribution in [-0.4, -0.2) is 16.8 Å². The average molecular weight is 265 g/mol. The van der Waals surface area contributed by atoms with Crippen LogP contribution < -0.4 is 0 Å². The zero-order valence-corrected chi connectivity index (χ0v) is 11.6. The van der Waals surface area contributed by atoms with Gasteiger partial charge in [0.2, 0.25) is 0 Å². The predicted octanol–water partition coefficient (Wildman–Crippen LogP) is 4.13. The highest BCUT2D eigenvalue weighted by Crippen LogP contribution is 2.33. The minimum Gasteiger partial charge on any atom is -0.331 e. The van der Waals surface area contributed by atoms with Crippen LogP contribution in [0.4, 0.5) is 0 Å². The highest BCUT2D eigenvalue weighted by molar-refractivity contribution is 6.02. The van der Waals surface area contributed by atoms with Gasteiger partial charge in [0.05, 0.1) is 0 Å². The van der Waals surface area contributed by atoms with Crippen molar-refractivity contribution in [1.82, 2.24) is 4.90 Å². The zero-order chi connectivity index (χ0) is 13.5. The first kappa shape index (κ1) is 12.0. The number of carbonyl (C=O) groups excluding carboxylic acids is 1. The normalized spacial score (nSPS) is 19.6. The van der Waals surface area contributed by atoms with Crippen LogP contribution in [0.25, 0.3) is 10.8 Å². The molecule has 1 heterocycles. The number of fused-ring (bicyclic) bond motifs is 2. The molecule has 2 heteroatoms. The summed E-state index contributed by atoms with van der Waals surface area (Å²) in [5.41, 5.74) is 2.13. The largest absolute Gasteiger partial charge is 0.331 e. The summed E-state index contributed by atoms with van der Waals surface area (Å²) in [6.07, 6.45) is 6.23. The van der Waals surface area contributed by atoms with Crippen molar-refractivity contribution in [3.8, 4) is 0 Å². The molecule has 0 radical (unpaired) electrons. The number of benzene rings is 2. The number of carbonyl (C=O) groups is 1. The topological polar surface area (TPSA) is 20.3 Å². The van der Waals surface area contributed by atoms with Crippen molar-refractivity contribution >= 4 is 16.7 Å². The highest BCUT2D eigenvalue weighted by atomic mass is 16.2. The summed E-state index contributed by atoms with van der Waals surface area (Å²) < 4.78 is 0. The predicted molar refractivity (Wildman–Crippen MR) is 80.7 cm³/mol. The second-order valence-electron chi connectivity index (χ2n) is 6.08. The van der Waals surface area contributed by atoms with Gasteiger partial charge < -0.3 is 4.90 Å². The van der Waals surface area contributed by atoms with E-state index < -0.39 is 0 Å². The van der Waals surface area contributed by atoms with Crippen LogP contribution in [0.2, 0.25) is 0 Å². The molecule has 102 valence electrons. The van der Waals surface area contributed by atoms with Gasteiger partial charge in [-0.25, -0.2) is 0 Å². The van der Waals surface area contributed by atoms with E-state index in [1.807, 2.05) is 6.07 Å². The van der Waals surface area contributed by atoms with Crippen LogP contribution >= 0.6 is 0 Å². The van der Waals surface area contributed by atoms with Crippen LogP contribution in [0.15, 0.2) is 36.4 Å². The Morgan fingerprint density at radius 1 is 0.950 bits per heavy atom. The van der Waals surface area contributed by atoms with E-state index in [4.69, 9.17) is 0 Å². The molecule has 1 aliphatic heterocycles. The van der Waals surface area contributed by atoms with E-state index in [9.17, 15) is 4.79 Å². The summed E-state index contributed by atoms with van der Waals surface area (Å²) in [6.45, 7) is 0.809. The van der Waals surface area contributed by atoms with Gasteiger partial charge in [-0.1, -0.05) is 43.5 Å². The van der Waals surface area contributed by atoms with Gasteiger partial charge in [0.15, 0.2) is 0 Å². The number of rotatable bonds is 1. The molecule has 1 aliphatic carbocycles. The third kappa shape index (κ3) is 1.82. The summed E-state index contributed by atoms with van der Waals surface area (Å²) in [5.74, 6) is 0.248. The molecule has 1 amide bonds. The summed E-state index contributed by atoms with van der Waals surface area (Å²) in [6, 6.07) is 13.1. The molecule has 2 aromatic carbocycles. The smallest absolute Gasteiger partial charge is 0.254 e. The first-order chi connectivity index (χ1) is 9.83. The van der Waals surface area contributed by atoms with Gasteiger partial charge in [-0.05, 0) is 41.3 Å². The quantitative estimate of drug-likeness (QED) is 0.759. The van der Waals surface area contributed by atoms with E-state index in [0.29, 0.717) is 6.04 Å². The minimum absolute atomic E-state index is 0.248. The Kier molecular flexibility index (Phi) is 2.76. The molecule has 0 unspecified atom stereocenters. The maximum absolute atomic E-state index is 12.7. The van der Waals surface area contributed by atoms with E-state index in [2.05, 4.69) is 35.2 Å². The molecule has 0 bridgehead atoms. The molecule has 1 saturated carbocycles. The molecule has 2 nitrogen and oxygen atoms in total. The van der Waals surface area contributed by atoms with E-state index in [-0.39, 0.29) is 5.91 Å². The Hall–Kier alpha value is -1.83. The Labute approximate surface area is 119 Å². The second-order valence-corrected chi connectivity index (χ2v) is 6.08. The Bertz CT molecular complexity index is 670. The third-order valence-electron chi connectivity index (χ3n) is 4.82. The van der Waals surface area contributed by atoms with E-state index in [0.717, 1.165) is 12.1 Å². The molecule has 0 aromatic heterocycles. The van der Waals surface area contributed by atoms with Gasteiger partial charge in [0, 0.05) is 18.2 Å². The fraction of sp³-hybridized carbons (Fsp3) is 0.389. The van der Waals surface area contributed by atoms with Gasteiger partial charge in [0.1, 0.15) is 0 Å². The standard InChI is InChI=1S/C18H19NO/c20-18-17-11-14-7-5-4-6-13(14)10-15(17)12-19(18)16-8-2-1-3-9-16/h4-7,10-11,16H,1-3,8-9,12H2. The monoisotopic (exact) mass is 265 g/mol. The van der Waals surface area contributed by atoms with Crippen molar-refractivity contribution in [3.05, 3.63) is 47.5 Å². The summed E-state index contributed by atoms with van der Waals surface area (Å²) >= 11 is 0.